The fourth-order valence-corrected chi connectivity index (χ4v) is 3.82. The van der Waals surface area contributed by atoms with E-state index in [4.69, 9.17) is 0 Å². The lowest BCUT2D eigenvalue weighted by molar-refractivity contribution is -0.130. The zero-order valence-electron chi connectivity index (χ0n) is 16.6. The van der Waals surface area contributed by atoms with E-state index in [-0.39, 0.29) is 17.7 Å². The molecule has 0 fully saturated rings. The summed E-state index contributed by atoms with van der Waals surface area (Å²) < 4.78 is 0. The van der Waals surface area contributed by atoms with Gasteiger partial charge >= 0.3 is 0 Å². The summed E-state index contributed by atoms with van der Waals surface area (Å²) in [4.78, 5) is 18.8. The van der Waals surface area contributed by atoms with Crippen LogP contribution in [0.25, 0.3) is 5.57 Å². The molecule has 1 N–H and O–H groups in total. The number of carbonyl (C=O) groups is 1. The lowest BCUT2D eigenvalue weighted by Gasteiger charge is -2.28. The molecule has 1 aliphatic rings. The first-order chi connectivity index (χ1) is 14.1. The average molecular weight is 384 g/mol. The number of amides is 1. The average Bonchev–Trinajstić information content (AvgIpc) is 3.00. The maximum atomic E-state index is 13.1. The minimum atomic E-state index is -0.349. The molecule has 0 saturated carbocycles. The molecule has 3 aromatic rings. The molecular formula is C25H24N2O2. The largest absolute Gasteiger partial charge is 0.503 e. The third kappa shape index (κ3) is 3.66. The molecule has 0 radical (unpaired) electrons. The number of rotatable bonds is 5. The summed E-state index contributed by atoms with van der Waals surface area (Å²) in [5.74, 6) is -0.0958. The molecule has 0 saturated heterocycles. The zero-order valence-corrected chi connectivity index (χ0v) is 16.6. The highest BCUT2D eigenvalue weighted by Crippen LogP contribution is 2.43. The number of carbonyl (C=O) groups excluding carboxylic acids is 1. The van der Waals surface area contributed by atoms with Crippen molar-refractivity contribution in [2.75, 3.05) is 0 Å². The number of benzene rings is 2. The molecule has 2 aromatic carbocycles. The first kappa shape index (κ1) is 18.9. The van der Waals surface area contributed by atoms with Gasteiger partial charge in [0.25, 0.3) is 5.91 Å². The number of nitrogens with zero attached hydrogens (tertiary/aromatic N) is 2. The summed E-state index contributed by atoms with van der Waals surface area (Å²) in [7, 11) is 0. The third-order valence-corrected chi connectivity index (χ3v) is 5.41. The Morgan fingerprint density at radius 3 is 2.24 bits per heavy atom. The normalized spacial score (nSPS) is 16.7. The Morgan fingerprint density at radius 1 is 0.966 bits per heavy atom. The van der Waals surface area contributed by atoms with E-state index in [0.29, 0.717) is 18.0 Å². The summed E-state index contributed by atoms with van der Waals surface area (Å²) in [5, 5.41) is 10.8. The van der Waals surface area contributed by atoms with Gasteiger partial charge in [0.2, 0.25) is 0 Å². The highest BCUT2D eigenvalue weighted by molar-refractivity contribution is 6.05. The van der Waals surface area contributed by atoms with Crippen molar-refractivity contribution in [2.24, 2.45) is 0 Å². The van der Waals surface area contributed by atoms with Gasteiger partial charge in [-0.1, -0.05) is 68.4 Å². The van der Waals surface area contributed by atoms with Crippen LogP contribution in [-0.4, -0.2) is 20.9 Å². The van der Waals surface area contributed by atoms with Crippen LogP contribution in [0.3, 0.4) is 0 Å². The molecular weight excluding hydrogens is 360 g/mol. The molecule has 4 rings (SSSR count). The van der Waals surface area contributed by atoms with Crippen molar-refractivity contribution >= 4 is 11.5 Å². The molecule has 4 nitrogen and oxygen atoms in total. The van der Waals surface area contributed by atoms with Crippen LogP contribution in [-0.2, 0) is 11.3 Å². The van der Waals surface area contributed by atoms with E-state index in [9.17, 15) is 9.90 Å². The topological polar surface area (TPSA) is 53.4 Å². The standard InChI is InChI=1S/C25H24N2O2/c1-17(2)19-8-10-21(11-9-19)23-22(20-6-4-3-5-7-20)24(28)25(29)27(23)16-18-12-14-26-15-13-18/h3-15,17,23,28H,16H2,1-2H3. The van der Waals surface area contributed by atoms with Gasteiger partial charge in [0.1, 0.15) is 0 Å². The van der Waals surface area contributed by atoms with Gasteiger partial charge in [0.05, 0.1) is 6.04 Å². The predicted octanol–water partition coefficient (Wildman–Crippen LogP) is 5.26. The molecule has 1 unspecified atom stereocenters. The van der Waals surface area contributed by atoms with E-state index in [1.165, 1.54) is 5.56 Å². The van der Waals surface area contributed by atoms with Crippen molar-refractivity contribution in [1.82, 2.24) is 9.88 Å². The maximum Gasteiger partial charge on any atom is 0.290 e. The summed E-state index contributed by atoms with van der Waals surface area (Å²) in [6.45, 7) is 4.72. The molecule has 1 amide bonds. The maximum absolute atomic E-state index is 13.1. The van der Waals surface area contributed by atoms with Crippen molar-refractivity contribution in [3.8, 4) is 0 Å². The molecule has 4 heteroatoms. The van der Waals surface area contributed by atoms with Gasteiger partial charge in [0.15, 0.2) is 5.76 Å². The summed E-state index contributed by atoms with van der Waals surface area (Å²) in [5.41, 5.74) is 4.71. The smallest absolute Gasteiger partial charge is 0.290 e. The van der Waals surface area contributed by atoms with E-state index in [1.54, 1.807) is 17.3 Å². The van der Waals surface area contributed by atoms with Gasteiger partial charge in [-0.2, -0.15) is 0 Å². The summed E-state index contributed by atoms with van der Waals surface area (Å²) >= 11 is 0. The Morgan fingerprint density at radius 2 is 1.62 bits per heavy atom. The summed E-state index contributed by atoms with van der Waals surface area (Å²) in [6.07, 6.45) is 3.43. The van der Waals surface area contributed by atoms with Crippen LogP contribution in [0.4, 0.5) is 0 Å². The molecule has 1 aliphatic heterocycles. The van der Waals surface area contributed by atoms with E-state index in [1.807, 2.05) is 42.5 Å². The molecule has 0 aliphatic carbocycles. The highest BCUT2D eigenvalue weighted by atomic mass is 16.3. The first-order valence-electron chi connectivity index (χ1n) is 9.84. The van der Waals surface area contributed by atoms with Crippen molar-refractivity contribution < 1.29 is 9.90 Å². The van der Waals surface area contributed by atoms with Crippen molar-refractivity contribution in [3.05, 3.63) is 107 Å². The Balaban J connectivity index is 1.80. The number of pyridine rings is 1. The van der Waals surface area contributed by atoms with Crippen LogP contribution in [0, 0.1) is 0 Å². The number of aromatic nitrogens is 1. The van der Waals surface area contributed by atoms with E-state index < -0.39 is 0 Å². The quantitative estimate of drug-likeness (QED) is 0.653. The number of aliphatic hydroxyl groups excluding tert-OH is 1. The van der Waals surface area contributed by atoms with Gasteiger partial charge in [-0.15, -0.1) is 0 Å². The second kappa shape index (κ2) is 7.92. The Hall–Kier alpha value is -3.40. The van der Waals surface area contributed by atoms with Crippen LogP contribution >= 0.6 is 0 Å². The molecule has 146 valence electrons. The van der Waals surface area contributed by atoms with Crippen LogP contribution < -0.4 is 0 Å². The van der Waals surface area contributed by atoms with E-state index >= 15 is 0 Å². The van der Waals surface area contributed by atoms with Crippen LogP contribution in [0.5, 0.6) is 0 Å². The number of hydrogen-bond acceptors (Lipinski definition) is 3. The van der Waals surface area contributed by atoms with E-state index in [0.717, 1.165) is 16.7 Å². The second-order valence-electron chi connectivity index (χ2n) is 7.64. The van der Waals surface area contributed by atoms with Gasteiger partial charge in [-0.25, -0.2) is 0 Å². The lowest BCUT2D eigenvalue weighted by atomic mass is 9.91. The zero-order chi connectivity index (χ0) is 20.4. The Bertz CT molecular complexity index is 1030. The molecule has 2 heterocycles. The van der Waals surface area contributed by atoms with Crippen molar-refractivity contribution in [1.29, 1.82) is 0 Å². The summed E-state index contributed by atoms with van der Waals surface area (Å²) in [6, 6.07) is 21.4. The molecule has 0 bridgehead atoms. The monoisotopic (exact) mass is 384 g/mol. The third-order valence-electron chi connectivity index (χ3n) is 5.41. The van der Waals surface area contributed by atoms with E-state index in [2.05, 4.69) is 43.1 Å². The molecule has 29 heavy (non-hydrogen) atoms. The number of aliphatic hydroxyl groups is 1. The Labute approximate surface area is 171 Å². The van der Waals surface area contributed by atoms with Gasteiger partial charge in [-0.3, -0.25) is 9.78 Å². The Kier molecular flexibility index (Phi) is 5.17. The molecule has 0 spiro atoms. The van der Waals surface area contributed by atoms with Crippen molar-refractivity contribution in [3.63, 3.8) is 0 Å². The SMILES string of the molecule is CC(C)c1ccc(C2C(c3ccccc3)=C(O)C(=O)N2Cc2ccncc2)cc1. The van der Waals surface area contributed by atoms with Crippen LogP contribution in [0.1, 0.15) is 48.1 Å². The van der Waals surface area contributed by atoms with Gasteiger partial charge in [0, 0.05) is 24.5 Å². The fraction of sp³-hybridized carbons (Fsp3) is 0.200. The predicted molar refractivity (Wildman–Crippen MR) is 114 cm³/mol. The molecule has 1 atom stereocenters. The minimum Gasteiger partial charge on any atom is -0.503 e. The fourth-order valence-electron chi connectivity index (χ4n) is 3.82. The first-order valence-corrected chi connectivity index (χ1v) is 9.84. The second-order valence-corrected chi connectivity index (χ2v) is 7.64. The lowest BCUT2D eigenvalue weighted by Crippen LogP contribution is -2.29. The minimum absolute atomic E-state index is 0.178. The number of hydrogen-bond donors (Lipinski definition) is 1. The van der Waals surface area contributed by atoms with Crippen LogP contribution in [0.2, 0.25) is 0 Å². The molecule has 1 aromatic heterocycles. The van der Waals surface area contributed by atoms with Crippen molar-refractivity contribution in [2.45, 2.75) is 32.4 Å². The highest BCUT2D eigenvalue weighted by Gasteiger charge is 2.40. The van der Waals surface area contributed by atoms with Gasteiger partial charge < -0.3 is 10.0 Å². The van der Waals surface area contributed by atoms with Crippen LogP contribution in [0.15, 0.2) is 84.9 Å². The van der Waals surface area contributed by atoms with Gasteiger partial charge in [-0.05, 0) is 40.3 Å².